The van der Waals surface area contributed by atoms with Crippen molar-refractivity contribution < 1.29 is 18.3 Å². The lowest BCUT2D eigenvalue weighted by molar-refractivity contribution is -0.166. The van der Waals surface area contributed by atoms with Crippen LogP contribution in [0.4, 0.5) is 13.2 Å². The summed E-state index contributed by atoms with van der Waals surface area (Å²) in [6, 6.07) is 0. The molecule has 72 valence electrons. The van der Waals surface area contributed by atoms with E-state index in [0.717, 1.165) is 0 Å². The van der Waals surface area contributed by atoms with Crippen LogP contribution in [0.1, 0.15) is 19.8 Å². The largest absolute Gasteiger partial charge is 0.406 e. The van der Waals surface area contributed by atoms with Crippen LogP contribution < -0.4 is 5.32 Å². The van der Waals surface area contributed by atoms with E-state index in [1.54, 1.807) is 0 Å². The zero-order valence-electron chi connectivity index (χ0n) is 6.78. The molecule has 1 unspecified atom stereocenters. The molecule has 0 saturated heterocycles. The Morgan fingerprint density at radius 2 is 2.00 bits per heavy atom. The van der Waals surface area contributed by atoms with Crippen molar-refractivity contribution in [2.75, 3.05) is 6.54 Å². The minimum atomic E-state index is -4.18. The Labute approximate surface area is 68.8 Å². The first-order valence-corrected chi connectivity index (χ1v) is 3.87. The van der Waals surface area contributed by atoms with Gasteiger partial charge in [0.25, 0.3) is 0 Å². The average molecular weight is 183 g/mol. The van der Waals surface area contributed by atoms with Gasteiger partial charge in [0, 0.05) is 6.54 Å². The number of hydrogen-bond donors (Lipinski definition) is 2. The number of halogens is 3. The normalized spacial score (nSPS) is 23.8. The van der Waals surface area contributed by atoms with E-state index in [1.807, 2.05) is 0 Å². The molecule has 1 aliphatic carbocycles. The van der Waals surface area contributed by atoms with Gasteiger partial charge in [-0.2, -0.15) is 13.2 Å². The average Bonchev–Trinajstić information content (AvgIpc) is 2.60. The lowest BCUT2D eigenvalue weighted by Gasteiger charge is -2.21. The van der Waals surface area contributed by atoms with Gasteiger partial charge in [0.15, 0.2) is 0 Å². The molecule has 0 aromatic carbocycles. The van der Waals surface area contributed by atoms with Crippen LogP contribution in [0.3, 0.4) is 0 Å². The van der Waals surface area contributed by atoms with Gasteiger partial charge in [-0.3, -0.25) is 0 Å². The summed E-state index contributed by atoms with van der Waals surface area (Å²) in [7, 11) is 0. The summed E-state index contributed by atoms with van der Waals surface area (Å²) >= 11 is 0. The van der Waals surface area contributed by atoms with Crippen molar-refractivity contribution in [1.29, 1.82) is 0 Å². The van der Waals surface area contributed by atoms with Gasteiger partial charge in [0.05, 0.1) is 6.10 Å². The molecule has 1 aliphatic rings. The monoisotopic (exact) mass is 183 g/mol. The molecule has 0 bridgehead atoms. The maximum absolute atomic E-state index is 12.2. The first-order chi connectivity index (χ1) is 5.37. The zero-order chi connectivity index (χ0) is 9.41. The molecular formula is C7H12F3NO. The van der Waals surface area contributed by atoms with Crippen LogP contribution in [0.15, 0.2) is 0 Å². The third kappa shape index (κ3) is 1.90. The van der Waals surface area contributed by atoms with Crippen molar-refractivity contribution in [3.63, 3.8) is 0 Å². The van der Waals surface area contributed by atoms with E-state index in [1.165, 1.54) is 6.92 Å². The van der Waals surface area contributed by atoms with Gasteiger partial charge in [-0.15, -0.1) is 0 Å². The van der Waals surface area contributed by atoms with Gasteiger partial charge >= 0.3 is 6.18 Å². The molecule has 0 aromatic rings. The van der Waals surface area contributed by atoms with Crippen molar-refractivity contribution in [3.8, 4) is 0 Å². The van der Waals surface area contributed by atoms with Gasteiger partial charge in [-0.1, -0.05) is 0 Å². The van der Waals surface area contributed by atoms with Crippen LogP contribution in [0.5, 0.6) is 0 Å². The molecule has 0 spiro atoms. The third-order valence-corrected chi connectivity index (χ3v) is 2.03. The van der Waals surface area contributed by atoms with Crippen molar-refractivity contribution >= 4 is 0 Å². The van der Waals surface area contributed by atoms with E-state index in [4.69, 9.17) is 5.11 Å². The summed E-state index contributed by atoms with van der Waals surface area (Å²) < 4.78 is 36.6. The fourth-order valence-electron chi connectivity index (χ4n) is 1.03. The van der Waals surface area contributed by atoms with Crippen LogP contribution in [-0.4, -0.2) is 29.5 Å². The highest BCUT2D eigenvalue weighted by molar-refractivity contribution is 5.07. The minimum absolute atomic E-state index is 0.000486. The quantitative estimate of drug-likeness (QED) is 0.685. The number of aliphatic hydroxyl groups is 1. The van der Waals surface area contributed by atoms with Crippen molar-refractivity contribution in [1.82, 2.24) is 5.32 Å². The summed E-state index contributed by atoms with van der Waals surface area (Å²) in [5.74, 6) is 0. The number of hydrogen-bond acceptors (Lipinski definition) is 2. The highest BCUT2D eigenvalue weighted by Crippen LogP contribution is 2.48. The van der Waals surface area contributed by atoms with Crippen LogP contribution in [0.25, 0.3) is 0 Å². The lowest BCUT2D eigenvalue weighted by Crippen LogP contribution is -2.47. The Morgan fingerprint density at radius 3 is 2.25 bits per heavy atom. The number of aliphatic hydroxyl groups excluding tert-OH is 1. The number of rotatable bonds is 3. The van der Waals surface area contributed by atoms with Gasteiger partial charge in [0.1, 0.15) is 5.54 Å². The summed E-state index contributed by atoms with van der Waals surface area (Å²) in [5.41, 5.74) is -1.69. The Bertz CT molecular complexity index is 163. The van der Waals surface area contributed by atoms with E-state index in [0.29, 0.717) is 0 Å². The minimum Gasteiger partial charge on any atom is -0.392 e. The Balaban J connectivity index is 2.40. The van der Waals surface area contributed by atoms with E-state index >= 15 is 0 Å². The SMILES string of the molecule is CC(O)CNC1(C(F)(F)F)CC1. The fraction of sp³-hybridized carbons (Fsp3) is 1.00. The molecule has 2 N–H and O–H groups in total. The molecule has 5 heteroatoms. The van der Waals surface area contributed by atoms with Crippen molar-refractivity contribution in [2.24, 2.45) is 0 Å². The van der Waals surface area contributed by atoms with Crippen LogP contribution >= 0.6 is 0 Å². The molecule has 1 rings (SSSR count). The van der Waals surface area contributed by atoms with Gasteiger partial charge in [0.2, 0.25) is 0 Å². The maximum atomic E-state index is 12.2. The summed E-state index contributed by atoms with van der Waals surface area (Å²) in [4.78, 5) is 0. The topological polar surface area (TPSA) is 32.3 Å². The Hall–Kier alpha value is -0.290. The molecular weight excluding hydrogens is 171 g/mol. The van der Waals surface area contributed by atoms with E-state index in [9.17, 15) is 13.2 Å². The predicted octanol–water partition coefficient (Wildman–Crippen LogP) is 1.05. The van der Waals surface area contributed by atoms with Crippen LogP contribution in [0, 0.1) is 0 Å². The second-order valence-electron chi connectivity index (χ2n) is 3.31. The molecule has 0 aromatic heterocycles. The molecule has 12 heavy (non-hydrogen) atoms. The van der Waals surface area contributed by atoms with Gasteiger partial charge < -0.3 is 10.4 Å². The molecule has 0 amide bonds. The molecule has 1 atom stereocenters. The number of nitrogens with one attached hydrogen (secondary N) is 1. The Morgan fingerprint density at radius 1 is 1.50 bits per heavy atom. The molecule has 0 heterocycles. The first-order valence-electron chi connectivity index (χ1n) is 3.87. The number of β-amino-alcohol motifs (C(OH)–C–C–N with tert-alkyl or cyclic N) is 1. The maximum Gasteiger partial charge on any atom is 0.406 e. The van der Waals surface area contributed by atoms with Crippen molar-refractivity contribution in [2.45, 2.75) is 37.6 Å². The zero-order valence-corrected chi connectivity index (χ0v) is 6.78. The molecule has 1 saturated carbocycles. The number of alkyl halides is 3. The van der Waals surface area contributed by atoms with E-state index in [-0.39, 0.29) is 19.4 Å². The molecule has 0 aliphatic heterocycles. The second-order valence-corrected chi connectivity index (χ2v) is 3.31. The lowest BCUT2D eigenvalue weighted by atomic mass is 10.2. The third-order valence-electron chi connectivity index (χ3n) is 2.03. The highest BCUT2D eigenvalue weighted by Gasteiger charge is 2.62. The first kappa shape index (κ1) is 9.80. The fourth-order valence-corrected chi connectivity index (χ4v) is 1.03. The smallest absolute Gasteiger partial charge is 0.392 e. The van der Waals surface area contributed by atoms with Gasteiger partial charge in [-0.25, -0.2) is 0 Å². The molecule has 0 radical (unpaired) electrons. The van der Waals surface area contributed by atoms with Crippen molar-refractivity contribution in [3.05, 3.63) is 0 Å². The highest BCUT2D eigenvalue weighted by atomic mass is 19.4. The van der Waals surface area contributed by atoms with Crippen LogP contribution in [-0.2, 0) is 0 Å². The summed E-state index contributed by atoms with van der Waals surface area (Å²) in [5, 5.41) is 11.1. The van der Waals surface area contributed by atoms with E-state index in [2.05, 4.69) is 5.32 Å². The summed E-state index contributed by atoms with van der Waals surface area (Å²) in [6.45, 7) is 1.46. The van der Waals surface area contributed by atoms with Gasteiger partial charge in [-0.05, 0) is 19.8 Å². The Kier molecular flexibility index (Phi) is 2.35. The van der Waals surface area contributed by atoms with E-state index < -0.39 is 17.8 Å². The second kappa shape index (κ2) is 2.88. The predicted molar refractivity (Wildman–Crippen MR) is 37.7 cm³/mol. The standard InChI is InChI=1S/C7H12F3NO/c1-5(12)4-11-6(2-3-6)7(8,9)10/h5,11-12H,2-4H2,1H3. The molecule has 1 fully saturated rings. The summed E-state index contributed by atoms with van der Waals surface area (Å²) in [6.07, 6.45) is -4.65. The van der Waals surface area contributed by atoms with Crippen LogP contribution in [0.2, 0.25) is 0 Å². The molecule has 2 nitrogen and oxygen atoms in total.